The number of benzene rings is 2. The second kappa shape index (κ2) is 5.75. The first-order valence-electron chi connectivity index (χ1n) is 7.27. The van der Waals surface area contributed by atoms with E-state index >= 15 is 0 Å². The van der Waals surface area contributed by atoms with Gasteiger partial charge in [0.25, 0.3) is 5.69 Å². The molecule has 2 aromatic rings. The van der Waals surface area contributed by atoms with Crippen LogP contribution in [-0.4, -0.2) is 23.6 Å². The fourth-order valence-electron chi connectivity index (χ4n) is 2.41. The van der Waals surface area contributed by atoms with E-state index in [1.807, 2.05) is 0 Å². The lowest BCUT2D eigenvalue weighted by Crippen LogP contribution is -2.05. The van der Waals surface area contributed by atoms with Crippen LogP contribution in [0.5, 0.6) is 11.5 Å². The van der Waals surface area contributed by atoms with E-state index in [0.717, 1.165) is 0 Å². The number of carbonyl (C=O) groups excluding carboxylic acids is 1. The van der Waals surface area contributed by atoms with Gasteiger partial charge < -0.3 is 14.2 Å². The van der Waals surface area contributed by atoms with Crippen molar-refractivity contribution in [2.24, 2.45) is 4.99 Å². The first-order chi connectivity index (χ1) is 12.1. The summed E-state index contributed by atoms with van der Waals surface area (Å²) < 4.78 is 15.7. The first kappa shape index (κ1) is 14.9. The van der Waals surface area contributed by atoms with Gasteiger partial charge in [0.1, 0.15) is 0 Å². The predicted molar refractivity (Wildman–Crippen MR) is 86.3 cm³/mol. The van der Waals surface area contributed by atoms with Crippen molar-refractivity contribution in [1.29, 1.82) is 0 Å². The van der Waals surface area contributed by atoms with Crippen LogP contribution in [0.25, 0.3) is 6.08 Å². The Bertz CT molecular complexity index is 946. The van der Waals surface area contributed by atoms with Gasteiger partial charge in [0.2, 0.25) is 12.7 Å². The summed E-state index contributed by atoms with van der Waals surface area (Å²) in [5, 5.41) is 10.7. The van der Waals surface area contributed by atoms with E-state index in [2.05, 4.69) is 4.99 Å². The van der Waals surface area contributed by atoms with Crippen molar-refractivity contribution in [3.05, 3.63) is 69.4 Å². The van der Waals surface area contributed by atoms with Crippen LogP contribution in [0.15, 0.2) is 53.2 Å². The number of ether oxygens (including phenoxy) is 3. The Balaban J connectivity index is 1.62. The zero-order chi connectivity index (χ0) is 17.4. The van der Waals surface area contributed by atoms with Crippen molar-refractivity contribution in [1.82, 2.24) is 0 Å². The van der Waals surface area contributed by atoms with Crippen molar-refractivity contribution in [2.45, 2.75) is 0 Å². The molecule has 124 valence electrons. The van der Waals surface area contributed by atoms with Crippen LogP contribution >= 0.6 is 0 Å². The number of aliphatic imine (C=N–C) groups is 1. The SMILES string of the molecule is O=C1OC(c2ccc3c(c2)OCO3)=N/C1=C\c1ccc([N+](=O)[O-])cc1. The standard InChI is InChI=1S/C17H10N2O6/c20-17-13(7-10-1-4-12(5-2-10)19(21)22)18-16(25-17)11-3-6-14-15(8-11)24-9-23-14/h1-8H,9H2/b13-7-. The van der Waals surface area contributed by atoms with Gasteiger partial charge in [-0.25, -0.2) is 9.79 Å². The Hall–Kier alpha value is -3.68. The average molecular weight is 338 g/mol. The van der Waals surface area contributed by atoms with Crippen LogP contribution in [0.4, 0.5) is 5.69 Å². The van der Waals surface area contributed by atoms with E-state index in [9.17, 15) is 14.9 Å². The molecule has 0 aliphatic carbocycles. The van der Waals surface area contributed by atoms with Gasteiger partial charge in [0.05, 0.1) is 4.92 Å². The molecule has 0 amide bonds. The molecule has 2 aliphatic rings. The molecule has 0 saturated carbocycles. The van der Waals surface area contributed by atoms with Crippen molar-refractivity contribution >= 4 is 23.6 Å². The molecule has 0 unspecified atom stereocenters. The molecule has 0 aromatic heterocycles. The number of hydrogen-bond donors (Lipinski definition) is 0. The third-order valence-corrected chi connectivity index (χ3v) is 3.65. The molecule has 0 spiro atoms. The highest BCUT2D eigenvalue weighted by Crippen LogP contribution is 2.33. The summed E-state index contributed by atoms with van der Waals surface area (Å²) in [7, 11) is 0. The van der Waals surface area contributed by atoms with Gasteiger partial charge in [0.15, 0.2) is 17.2 Å². The maximum Gasteiger partial charge on any atom is 0.363 e. The normalized spacial score (nSPS) is 16.7. The topological polar surface area (TPSA) is 100 Å². The Labute approximate surface area is 141 Å². The van der Waals surface area contributed by atoms with Gasteiger partial charge >= 0.3 is 5.97 Å². The zero-order valence-electron chi connectivity index (χ0n) is 12.7. The van der Waals surface area contributed by atoms with E-state index in [4.69, 9.17) is 14.2 Å². The van der Waals surface area contributed by atoms with Gasteiger partial charge in [-0.1, -0.05) is 0 Å². The molecule has 8 nitrogen and oxygen atoms in total. The lowest BCUT2D eigenvalue weighted by atomic mass is 10.2. The number of rotatable bonds is 3. The Kier molecular flexibility index (Phi) is 3.42. The minimum absolute atomic E-state index is 0.0271. The number of non-ortho nitro benzene ring substituents is 1. The molecule has 8 heteroatoms. The maximum atomic E-state index is 12.0. The quantitative estimate of drug-likeness (QED) is 0.369. The molecule has 2 aliphatic heterocycles. The van der Waals surface area contributed by atoms with Crippen LogP contribution < -0.4 is 9.47 Å². The van der Waals surface area contributed by atoms with Crippen LogP contribution in [0.1, 0.15) is 11.1 Å². The highest BCUT2D eigenvalue weighted by Gasteiger charge is 2.25. The number of esters is 1. The zero-order valence-corrected chi connectivity index (χ0v) is 12.7. The molecule has 2 aromatic carbocycles. The van der Waals surface area contributed by atoms with E-state index < -0.39 is 10.9 Å². The number of nitro benzene ring substituents is 1. The predicted octanol–water partition coefficient (Wildman–Crippen LogP) is 2.67. The molecule has 4 rings (SSSR count). The largest absolute Gasteiger partial charge is 0.454 e. The highest BCUT2D eigenvalue weighted by molar-refractivity contribution is 6.13. The third-order valence-electron chi connectivity index (χ3n) is 3.65. The Morgan fingerprint density at radius 2 is 1.84 bits per heavy atom. The smallest absolute Gasteiger partial charge is 0.363 e. The van der Waals surface area contributed by atoms with E-state index in [-0.39, 0.29) is 24.1 Å². The maximum absolute atomic E-state index is 12.0. The van der Waals surface area contributed by atoms with Crippen molar-refractivity contribution in [2.75, 3.05) is 6.79 Å². The minimum Gasteiger partial charge on any atom is -0.454 e. The third kappa shape index (κ3) is 2.80. The average Bonchev–Trinajstić information content (AvgIpc) is 3.21. The van der Waals surface area contributed by atoms with E-state index in [1.54, 1.807) is 18.2 Å². The number of cyclic esters (lactones) is 1. The van der Waals surface area contributed by atoms with E-state index in [0.29, 0.717) is 22.6 Å². The Morgan fingerprint density at radius 1 is 1.08 bits per heavy atom. The molecule has 0 bridgehead atoms. The van der Waals surface area contributed by atoms with Crippen molar-refractivity contribution < 1.29 is 23.9 Å². The fourth-order valence-corrected chi connectivity index (χ4v) is 2.41. The molecular weight excluding hydrogens is 328 g/mol. The molecular formula is C17H10N2O6. The monoisotopic (exact) mass is 338 g/mol. The van der Waals surface area contributed by atoms with Gasteiger partial charge in [-0.2, -0.15) is 0 Å². The van der Waals surface area contributed by atoms with Crippen LogP contribution in [0.2, 0.25) is 0 Å². The number of carbonyl (C=O) groups is 1. The molecule has 0 N–H and O–H groups in total. The molecule has 25 heavy (non-hydrogen) atoms. The van der Waals surface area contributed by atoms with Crippen LogP contribution in [0.3, 0.4) is 0 Å². The lowest BCUT2D eigenvalue weighted by Gasteiger charge is -2.01. The summed E-state index contributed by atoms with van der Waals surface area (Å²) in [4.78, 5) is 26.4. The van der Waals surface area contributed by atoms with Crippen LogP contribution in [0, 0.1) is 10.1 Å². The summed E-state index contributed by atoms with van der Waals surface area (Å²) in [6.07, 6.45) is 1.51. The molecule has 0 atom stereocenters. The molecule has 0 fully saturated rings. The summed E-state index contributed by atoms with van der Waals surface area (Å²) in [5.41, 5.74) is 1.28. The first-order valence-corrected chi connectivity index (χ1v) is 7.27. The van der Waals surface area contributed by atoms with Crippen molar-refractivity contribution in [3.63, 3.8) is 0 Å². The number of nitrogens with zero attached hydrogens (tertiary/aromatic N) is 2. The van der Waals surface area contributed by atoms with Crippen molar-refractivity contribution in [3.8, 4) is 11.5 Å². The highest BCUT2D eigenvalue weighted by atomic mass is 16.7. The van der Waals surface area contributed by atoms with Gasteiger partial charge in [-0.05, 0) is 42.0 Å². The lowest BCUT2D eigenvalue weighted by molar-refractivity contribution is -0.384. The number of nitro groups is 1. The fraction of sp³-hybridized carbons (Fsp3) is 0.0588. The second-order valence-electron chi connectivity index (χ2n) is 5.25. The van der Waals surface area contributed by atoms with Crippen LogP contribution in [-0.2, 0) is 9.53 Å². The summed E-state index contributed by atoms with van der Waals surface area (Å²) in [6.45, 7) is 0.149. The molecule has 0 saturated heterocycles. The number of fused-ring (bicyclic) bond motifs is 1. The number of hydrogen-bond acceptors (Lipinski definition) is 7. The molecule has 2 heterocycles. The van der Waals surface area contributed by atoms with Gasteiger partial charge in [-0.15, -0.1) is 0 Å². The molecule has 0 radical (unpaired) electrons. The Morgan fingerprint density at radius 3 is 2.60 bits per heavy atom. The second-order valence-corrected chi connectivity index (χ2v) is 5.25. The minimum atomic E-state index is -0.592. The summed E-state index contributed by atoms with van der Waals surface area (Å²) in [6, 6.07) is 10.9. The van der Waals surface area contributed by atoms with E-state index in [1.165, 1.54) is 30.3 Å². The van der Waals surface area contributed by atoms with Gasteiger partial charge in [-0.3, -0.25) is 10.1 Å². The summed E-state index contributed by atoms with van der Waals surface area (Å²) >= 11 is 0. The van der Waals surface area contributed by atoms with Gasteiger partial charge in [0, 0.05) is 17.7 Å². The summed E-state index contributed by atoms with van der Waals surface area (Å²) in [5.74, 6) is 0.752.